The fraction of sp³-hybridized carbons (Fsp3) is 0.382. The van der Waals surface area contributed by atoms with Crippen molar-refractivity contribution < 1.29 is 23.2 Å². The molecule has 0 bridgehead atoms. The number of piperidine rings is 2. The summed E-state index contributed by atoms with van der Waals surface area (Å²) in [5, 5.41) is 3.75. The Bertz CT molecular complexity index is 2290. The molecule has 3 fully saturated rings. The van der Waals surface area contributed by atoms with Crippen LogP contribution in [-0.4, -0.2) is 88.0 Å². The molecule has 260 valence electrons. The van der Waals surface area contributed by atoms with Crippen LogP contribution in [0.25, 0.3) is 32.0 Å². The van der Waals surface area contributed by atoms with Crippen LogP contribution in [0.5, 0.6) is 0 Å². The van der Waals surface area contributed by atoms with Gasteiger partial charge in [-0.25, -0.2) is 18.6 Å². The number of thiophene rings is 1. The van der Waals surface area contributed by atoms with Crippen LogP contribution in [0.3, 0.4) is 0 Å². The van der Waals surface area contributed by atoms with Gasteiger partial charge in [-0.3, -0.25) is 33.7 Å². The molecular weight excluding hydrogens is 668 g/mol. The Balaban J connectivity index is 0.953. The number of aryl methyl sites for hydroxylation is 1. The smallest absolute Gasteiger partial charge is 0.329 e. The lowest BCUT2D eigenvalue weighted by Crippen LogP contribution is -2.62. The molecule has 3 amide bonds. The molecule has 3 aromatic heterocycles. The number of imidazole rings is 1. The van der Waals surface area contributed by atoms with Crippen LogP contribution >= 0.6 is 11.3 Å². The number of amides is 3. The van der Waals surface area contributed by atoms with E-state index in [9.17, 15) is 19.2 Å². The molecule has 3 saturated heterocycles. The van der Waals surface area contributed by atoms with E-state index in [-0.39, 0.29) is 35.7 Å². The van der Waals surface area contributed by atoms with Crippen molar-refractivity contribution in [2.75, 3.05) is 54.8 Å². The molecule has 3 aliphatic rings. The SMILES string of the molecule is Cn1c(=O)n(C2CCC(=O)NC2=O)c2ccc(N3CCN([C@H]4CCN(c5ccc6c(ccc7sc(C(N)=O)c(N)c76)n5)CC4(F)F)CC3)cc21. The van der Waals surface area contributed by atoms with Gasteiger partial charge in [0.25, 0.3) is 11.8 Å². The minimum absolute atomic E-state index is 0.163. The van der Waals surface area contributed by atoms with Crippen molar-refractivity contribution in [3.8, 4) is 0 Å². The van der Waals surface area contributed by atoms with E-state index < -0.39 is 36.4 Å². The van der Waals surface area contributed by atoms with E-state index in [1.165, 1.54) is 20.5 Å². The highest BCUT2D eigenvalue weighted by atomic mass is 32.1. The summed E-state index contributed by atoms with van der Waals surface area (Å²) in [5.41, 5.74) is 14.4. The maximum Gasteiger partial charge on any atom is 0.329 e. The van der Waals surface area contributed by atoms with E-state index in [1.54, 1.807) is 24.1 Å². The first-order valence-corrected chi connectivity index (χ1v) is 17.3. The number of hydrogen-bond acceptors (Lipinski definition) is 10. The molecule has 0 radical (unpaired) electrons. The first-order valence-electron chi connectivity index (χ1n) is 16.5. The minimum Gasteiger partial charge on any atom is -0.397 e. The first-order chi connectivity index (χ1) is 23.9. The zero-order chi connectivity index (χ0) is 35.1. The minimum atomic E-state index is -2.98. The normalized spacial score (nSPS) is 21.7. The Morgan fingerprint density at radius 3 is 2.48 bits per heavy atom. The highest BCUT2D eigenvalue weighted by molar-refractivity contribution is 7.21. The molecule has 16 heteroatoms. The average molecular weight is 704 g/mol. The predicted octanol–water partition coefficient (Wildman–Crippen LogP) is 2.80. The third-order valence-electron chi connectivity index (χ3n) is 10.4. The van der Waals surface area contributed by atoms with Gasteiger partial charge in [0.15, 0.2) is 0 Å². The average Bonchev–Trinajstić information content (AvgIpc) is 3.57. The van der Waals surface area contributed by atoms with E-state index in [1.807, 2.05) is 35.2 Å². The standard InChI is InChI=1S/C34H35F2N9O4S/c1-41-23-16-18(2-5-21(23)45(33(41)49)22-6-9-27(46)40-32(22)48)42-12-14-43(15-13-42)25-10-11-44(17-34(25,35)36)26-8-3-19-20(39-26)4-7-24-28(19)29(37)30(50-24)31(38)47/h2-5,7-8,16,22,25H,6,9-15,17,37H2,1H3,(H2,38,47)(H,40,46,48)/t22?,25-/m0/s1. The number of carbonyl (C=O) groups is 3. The number of nitrogens with zero attached hydrogens (tertiary/aromatic N) is 6. The number of hydrogen-bond donors (Lipinski definition) is 3. The second-order valence-electron chi connectivity index (χ2n) is 13.2. The maximum absolute atomic E-state index is 15.9. The summed E-state index contributed by atoms with van der Waals surface area (Å²) in [7, 11) is 1.65. The fourth-order valence-electron chi connectivity index (χ4n) is 7.82. The zero-order valence-electron chi connectivity index (χ0n) is 27.2. The van der Waals surface area contributed by atoms with Gasteiger partial charge in [-0.05, 0) is 55.3 Å². The van der Waals surface area contributed by atoms with Gasteiger partial charge in [-0.2, -0.15) is 0 Å². The Hall–Kier alpha value is -5.09. The van der Waals surface area contributed by atoms with E-state index in [2.05, 4.69) is 10.2 Å². The number of nitrogen functional groups attached to an aromatic ring is 1. The van der Waals surface area contributed by atoms with Gasteiger partial charge in [-0.1, -0.05) is 0 Å². The van der Waals surface area contributed by atoms with E-state index in [4.69, 9.17) is 16.5 Å². The summed E-state index contributed by atoms with van der Waals surface area (Å²) in [6, 6.07) is 11.1. The number of aromatic nitrogens is 3. The Labute approximate surface area is 288 Å². The number of anilines is 3. The van der Waals surface area contributed by atoms with Gasteiger partial charge < -0.3 is 21.3 Å². The third-order valence-corrected chi connectivity index (χ3v) is 11.6. The quantitative estimate of drug-likeness (QED) is 0.234. The van der Waals surface area contributed by atoms with E-state index >= 15 is 8.78 Å². The number of pyridine rings is 1. The fourth-order valence-corrected chi connectivity index (χ4v) is 8.81. The number of rotatable bonds is 5. The van der Waals surface area contributed by atoms with Gasteiger partial charge >= 0.3 is 5.69 Å². The molecule has 0 aliphatic carbocycles. The summed E-state index contributed by atoms with van der Waals surface area (Å²) < 4.78 is 35.5. The molecule has 2 aromatic carbocycles. The molecular formula is C34H35F2N9O4S. The van der Waals surface area contributed by atoms with Gasteiger partial charge in [0.1, 0.15) is 16.7 Å². The zero-order valence-corrected chi connectivity index (χ0v) is 28.0. The van der Waals surface area contributed by atoms with Crippen LogP contribution in [0.15, 0.2) is 47.3 Å². The summed E-state index contributed by atoms with van der Waals surface area (Å²) >= 11 is 1.22. The second-order valence-corrected chi connectivity index (χ2v) is 14.3. The molecule has 3 aliphatic heterocycles. The predicted molar refractivity (Wildman–Crippen MR) is 188 cm³/mol. The number of piperazine rings is 1. The van der Waals surface area contributed by atoms with Crippen LogP contribution in [0.2, 0.25) is 0 Å². The number of benzene rings is 2. The van der Waals surface area contributed by atoms with Crippen LogP contribution in [-0.2, 0) is 16.6 Å². The van der Waals surface area contributed by atoms with Crippen molar-refractivity contribution in [1.82, 2.24) is 24.3 Å². The van der Waals surface area contributed by atoms with Crippen LogP contribution in [0.1, 0.15) is 35.0 Å². The Morgan fingerprint density at radius 2 is 1.76 bits per heavy atom. The number of fused-ring (bicyclic) bond motifs is 4. The van der Waals surface area contributed by atoms with Crippen molar-refractivity contribution in [2.24, 2.45) is 12.8 Å². The topological polar surface area (TPSA) is 165 Å². The molecule has 8 rings (SSSR count). The lowest BCUT2D eigenvalue weighted by Gasteiger charge is -2.47. The number of carbonyl (C=O) groups excluding carboxylic acids is 3. The van der Waals surface area contributed by atoms with Gasteiger partial charge in [-0.15, -0.1) is 11.3 Å². The van der Waals surface area contributed by atoms with Crippen molar-refractivity contribution in [2.45, 2.75) is 37.3 Å². The number of primary amides is 1. The first kappa shape index (κ1) is 32.1. The number of halogens is 2. The number of imide groups is 1. The van der Waals surface area contributed by atoms with Gasteiger partial charge in [0, 0.05) is 67.4 Å². The van der Waals surface area contributed by atoms with E-state index in [0.717, 1.165) is 15.8 Å². The Morgan fingerprint density at radius 1 is 0.980 bits per heavy atom. The molecule has 5 N–H and O–H groups in total. The highest BCUT2D eigenvalue weighted by Gasteiger charge is 2.48. The van der Waals surface area contributed by atoms with Crippen LogP contribution in [0.4, 0.5) is 26.0 Å². The third kappa shape index (κ3) is 5.16. The number of alkyl halides is 2. The molecule has 0 spiro atoms. The van der Waals surface area contributed by atoms with E-state index in [0.29, 0.717) is 66.2 Å². The summed E-state index contributed by atoms with van der Waals surface area (Å²) in [6.07, 6.45) is 0.688. The number of nitrogens with one attached hydrogen (secondary N) is 1. The summed E-state index contributed by atoms with van der Waals surface area (Å²) in [4.78, 5) is 59.8. The van der Waals surface area contributed by atoms with Gasteiger partial charge in [0.05, 0.1) is 34.8 Å². The molecule has 6 heterocycles. The van der Waals surface area contributed by atoms with Crippen molar-refractivity contribution >= 4 is 78.3 Å². The lowest BCUT2D eigenvalue weighted by atomic mass is 9.97. The second kappa shape index (κ2) is 11.8. The molecule has 50 heavy (non-hydrogen) atoms. The molecule has 0 saturated carbocycles. The number of nitrogens with two attached hydrogens (primary N) is 2. The monoisotopic (exact) mass is 703 g/mol. The molecule has 5 aromatic rings. The lowest BCUT2D eigenvalue weighted by molar-refractivity contribution is -0.135. The molecule has 13 nitrogen and oxygen atoms in total. The maximum atomic E-state index is 15.9. The molecule has 1 unspecified atom stereocenters. The summed E-state index contributed by atoms with van der Waals surface area (Å²) in [5.74, 6) is -3.95. The van der Waals surface area contributed by atoms with Crippen molar-refractivity contribution in [3.63, 3.8) is 0 Å². The van der Waals surface area contributed by atoms with Crippen molar-refractivity contribution in [3.05, 3.63) is 57.8 Å². The largest absolute Gasteiger partial charge is 0.397 e. The van der Waals surface area contributed by atoms with Crippen LogP contribution in [0, 0.1) is 0 Å². The highest BCUT2D eigenvalue weighted by Crippen LogP contribution is 2.40. The summed E-state index contributed by atoms with van der Waals surface area (Å²) in [6.45, 7) is 1.94. The van der Waals surface area contributed by atoms with Crippen molar-refractivity contribution in [1.29, 1.82) is 0 Å². The van der Waals surface area contributed by atoms with Gasteiger partial charge in [0.2, 0.25) is 11.8 Å². The Kier molecular flexibility index (Phi) is 7.56. The molecule has 2 atom stereocenters. The van der Waals surface area contributed by atoms with Crippen LogP contribution < -0.4 is 32.3 Å².